The summed E-state index contributed by atoms with van der Waals surface area (Å²) in [6.45, 7) is 8.93. The van der Waals surface area contributed by atoms with Crippen molar-refractivity contribution in [3.05, 3.63) is 0 Å². The molecule has 1 aliphatic carbocycles. The molecule has 28 heavy (non-hydrogen) atoms. The van der Waals surface area contributed by atoms with Crippen LogP contribution in [-0.2, 0) is 4.79 Å². The van der Waals surface area contributed by atoms with Gasteiger partial charge in [0.05, 0.1) is 0 Å². The fourth-order valence-corrected chi connectivity index (χ4v) is 5.86. The third-order valence-electron chi connectivity index (χ3n) is 7.71. The van der Waals surface area contributed by atoms with E-state index in [2.05, 4.69) is 25.7 Å². The van der Waals surface area contributed by atoms with Crippen molar-refractivity contribution in [2.75, 3.05) is 13.1 Å². The van der Waals surface area contributed by atoms with E-state index >= 15 is 0 Å². The van der Waals surface area contributed by atoms with Crippen LogP contribution < -0.4 is 0 Å². The second kappa shape index (κ2) is 12.9. The van der Waals surface area contributed by atoms with Gasteiger partial charge in [-0.25, -0.2) is 0 Å². The summed E-state index contributed by atoms with van der Waals surface area (Å²) in [5, 5.41) is 0. The van der Waals surface area contributed by atoms with E-state index < -0.39 is 0 Å². The third-order valence-corrected chi connectivity index (χ3v) is 7.71. The van der Waals surface area contributed by atoms with E-state index in [-0.39, 0.29) is 0 Å². The first-order valence-corrected chi connectivity index (χ1v) is 12.9. The quantitative estimate of drug-likeness (QED) is 0.277. The highest BCUT2D eigenvalue weighted by Gasteiger charge is 2.46. The molecular weight excluding hydrogens is 342 g/mol. The molecular formula is C26H49NO. The van der Waals surface area contributed by atoms with E-state index in [4.69, 9.17) is 0 Å². The predicted octanol–water partition coefficient (Wildman–Crippen LogP) is 7.75. The van der Waals surface area contributed by atoms with Crippen LogP contribution in [0, 0.1) is 17.3 Å². The molecule has 0 N–H and O–H groups in total. The van der Waals surface area contributed by atoms with Gasteiger partial charge in [0.15, 0.2) is 0 Å². The summed E-state index contributed by atoms with van der Waals surface area (Å²) in [6, 6.07) is 0. The summed E-state index contributed by atoms with van der Waals surface area (Å²) in [6.07, 6.45) is 22.6. The molecule has 2 heteroatoms. The third kappa shape index (κ3) is 7.71. The normalized spacial score (nSPS) is 20.3. The number of piperidine rings is 1. The van der Waals surface area contributed by atoms with Crippen LogP contribution in [-0.4, -0.2) is 23.9 Å². The zero-order chi connectivity index (χ0) is 20.2. The van der Waals surface area contributed by atoms with Crippen LogP contribution in [0.1, 0.15) is 130 Å². The summed E-state index contributed by atoms with van der Waals surface area (Å²) >= 11 is 0. The highest BCUT2D eigenvalue weighted by atomic mass is 16.2. The van der Waals surface area contributed by atoms with Crippen LogP contribution in [0.5, 0.6) is 0 Å². The number of carbonyl (C=O) groups excluding carboxylic acids is 1. The molecule has 1 atom stereocenters. The van der Waals surface area contributed by atoms with Gasteiger partial charge in [-0.3, -0.25) is 4.79 Å². The van der Waals surface area contributed by atoms with Crippen molar-refractivity contribution in [1.82, 2.24) is 4.90 Å². The molecule has 2 aliphatic rings. The molecule has 2 nitrogen and oxygen atoms in total. The zero-order valence-electron chi connectivity index (χ0n) is 19.4. The minimum absolute atomic E-state index is 0.422. The number of rotatable bonds is 14. The van der Waals surface area contributed by atoms with Crippen molar-refractivity contribution in [3.63, 3.8) is 0 Å². The average molecular weight is 392 g/mol. The molecule has 1 spiro atoms. The smallest absolute Gasteiger partial charge is 0.222 e. The Morgan fingerprint density at radius 1 is 0.857 bits per heavy atom. The first kappa shape index (κ1) is 23.7. The number of hydrogen-bond donors (Lipinski definition) is 0. The second-order valence-corrected chi connectivity index (χ2v) is 10.2. The van der Waals surface area contributed by atoms with Crippen LogP contribution in [0.2, 0.25) is 0 Å². The van der Waals surface area contributed by atoms with Gasteiger partial charge in [-0.1, -0.05) is 85.0 Å². The summed E-state index contributed by atoms with van der Waals surface area (Å²) in [5.41, 5.74) is 0.613. The van der Waals surface area contributed by atoms with Crippen LogP contribution in [0.15, 0.2) is 0 Å². The van der Waals surface area contributed by atoms with Crippen LogP contribution in [0.4, 0.5) is 0 Å². The lowest BCUT2D eigenvalue weighted by atomic mass is 9.55. The molecule has 1 heterocycles. The Morgan fingerprint density at radius 3 is 2.11 bits per heavy atom. The minimum Gasteiger partial charge on any atom is -0.343 e. The Kier molecular flexibility index (Phi) is 10.9. The van der Waals surface area contributed by atoms with E-state index in [1.807, 2.05) is 0 Å². The van der Waals surface area contributed by atoms with Gasteiger partial charge in [0, 0.05) is 19.5 Å². The van der Waals surface area contributed by atoms with Crippen LogP contribution in [0.3, 0.4) is 0 Å². The van der Waals surface area contributed by atoms with E-state index in [1.54, 1.807) is 0 Å². The lowest BCUT2D eigenvalue weighted by Gasteiger charge is -2.53. The highest BCUT2D eigenvalue weighted by molar-refractivity contribution is 5.76. The lowest BCUT2D eigenvalue weighted by Crippen LogP contribution is -2.49. The Bertz CT molecular complexity index is 416. The number of carbonyl (C=O) groups is 1. The summed E-state index contributed by atoms with van der Waals surface area (Å²) in [4.78, 5) is 14.5. The van der Waals surface area contributed by atoms with Gasteiger partial charge in [0.25, 0.3) is 0 Å². The molecule has 0 aromatic rings. The van der Waals surface area contributed by atoms with E-state index in [0.717, 1.165) is 37.8 Å². The molecule has 2 fully saturated rings. The number of hydrogen-bond acceptors (Lipinski definition) is 1. The molecule has 0 aromatic heterocycles. The Morgan fingerprint density at radius 2 is 1.46 bits per heavy atom. The largest absolute Gasteiger partial charge is 0.343 e. The van der Waals surface area contributed by atoms with E-state index in [0.29, 0.717) is 11.3 Å². The molecule has 1 saturated heterocycles. The number of likely N-dealkylation sites (tertiary alicyclic amines) is 1. The number of nitrogens with zero attached hydrogens (tertiary/aromatic N) is 1. The van der Waals surface area contributed by atoms with Crippen molar-refractivity contribution < 1.29 is 4.79 Å². The van der Waals surface area contributed by atoms with Gasteiger partial charge in [-0.05, 0) is 55.8 Å². The van der Waals surface area contributed by atoms with Crippen LogP contribution in [0.25, 0.3) is 0 Å². The first-order valence-electron chi connectivity index (χ1n) is 12.9. The maximum absolute atomic E-state index is 12.4. The number of unbranched alkanes of at least 4 members (excludes halogenated alkanes) is 6. The second-order valence-electron chi connectivity index (χ2n) is 10.2. The Balaban J connectivity index is 1.66. The van der Waals surface area contributed by atoms with Gasteiger partial charge in [-0.2, -0.15) is 0 Å². The molecule has 2 rings (SSSR count). The predicted molar refractivity (Wildman–Crippen MR) is 122 cm³/mol. The molecule has 1 saturated carbocycles. The van der Waals surface area contributed by atoms with E-state index in [9.17, 15) is 4.79 Å². The molecule has 1 aliphatic heterocycles. The van der Waals surface area contributed by atoms with Crippen LogP contribution >= 0.6 is 0 Å². The van der Waals surface area contributed by atoms with Gasteiger partial charge in [0.2, 0.25) is 5.91 Å². The number of amides is 1. The van der Waals surface area contributed by atoms with Gasteiger partial charge >= 0.3 is 0 Å². The molecule has 0 bridgehead atoms. The fourth-order valence-electron chi connectivity index (χ4n) is 5.86. The molecule has 164 valence electrons. The Labute approximate surface area is 176 Å². The van der Waals surface area contributed by atoms with Crippen molar-refractivity contribution in [2.45, 2.75) is 130 Å². The monoisotopic (exact) mass is 391 g/mol. The van der Waals surface area contributed by atoms with Gasteiger partial charge in [0.1, 0.15) is 0 Å². The average Bonchev–Trinajstić information content (AvgIpc) is 2.68. The molecule has 1 unspecified atom stereocenters. The zero-order valence-corrected chi connectivity index (χ0v) is 19.4. The van der Waals surface area contributed by atoms with Crippen molar-refractivity contribution >= 4 is 5.91 Å². The molecule has 0 aromatic carbocycles. The Hall–Kier alpha value is -0.530. The standard InChI is InChI=1S/C26H49NO/c1-4-7-10-12-14-23(13-9-6-3)20-24-21-26(22-24)16-18-27(19-17-26)25(28)15-11-8-5-2/h23-24H,4-22H2,1-3H3. The van der Waals surface area contributed by atoms with Gasteiger partial charge < -0.3 is 4.90 Å². The summed E-state index contributed by atoms with van der Waals surface area (Å²) < 4.78 is 0. The van der Waals surface area contributed by atoms with Crippen molar-refractivity contribution in [3.8, 4) is 0 Å². The lowest BCUT2D eigenvalue weighted by molar-refractivity contribution is -0.135. The fraction of sp³-hybridized carbons (Fsp3) is 0.962. The summed E-state index contributed by atoms with van der Waals surface area (Å²) in [5.74, 6) is 2.39. The van der Waals surface area contributed by atoms with Crippen molar-refractivity contribution in [2.24, 2.45) is 17.3 Å². The maximum Gasteiger partial charge on any atom is 0.222 e. The minimum atomic E-state index is 0.422. The van der Waals surface area contributed by atoms with Crippen molar-refractivity contribution in [1.29, 1.82) is 0 Å². The topological polar surface area (TPSA) is 20.3 Å². The summed E-state index contributed by atoms with van der Waals surface area (Å²) in [7, 11) is 0. The molecule has 1 amide bonds. The van der Waals surface area contributed by atoms with E-state index in [1.165, 1.54) is 96.3 Å². The van der Waals surface area contributed by atoms with Gasteiger partial charge in [-0.15, -0.1) is 0 Å². The highest BCUT2D eigenvalue weighted by Crippen LogP contribution is 2.54. The molecule has 0 radical (unpaired) electrons. The first-order chi connectivity index (χ1) is 13.6. The SMILES string of the molecule is CCCCCCC(CCCC)CC1CC2(CCN(C(=O)CCCCC)CC2)C1. The maximum atomic E-state index is 12.4.